The van der Waals surface area contributed by atoms with Crippen LogP contribution in [0, 0.1) is 17.1 Å². The molecule has 0 atom stereocenters. The van der Waals surface area contributed by atoms with Gasteiger partial charge in [-0.05, 0) is 6.07 Å². The Morgan fingerprint density at radius 2 is 2.06 bits per heavy atom. The molecule has 0 unspecified atom stereocenters. The molecule has 0 amide bonds. The van der Waals surface area contributed by atoms with Crippen molar-refractivity contribution >= 4 is 10.0 Å². The first-order chi connectivity index (χ1) is 7.47. The van der Waals surface area contributed by atoms with Gasteiger partial charge < -0.3 is 0 Å². The highest BCUT2D eigenvalue weighted by Gasteiger charge is 2.18. The first kappa shape index (κ1) is 12.6. The number of sulfonamides is 1. The summed E-state index contributed by atoms with van der Waals surface area (Å²) >= 11 is 0. The lowest BCUT2D eigenvalue weighted by Crippen LogP contribution is -2.28. The Morgan fingerprint density at radius 1 is 1.44 bits per heavy atom. The fourth-order valence-electron chi connectivity index (χ4n) is 1.16. The van der Waals surface area contributed by atoms with E-state index >= 15 is 0 Å². The van der Waals surface area contributed by atoms with Gasteiger partial charge in [0, 0.05) is 19.2 Å². The molecule has 6 heteroatoms. The van der Waals surface area contributed by atoms with Crippen LogP contribution in [0.25, 0.3) is 0 Å². The molecule has 0 fully saturated rings. The smallest absolute Gasteiger partial charge is 0.211 e. The zero-order valence-electron chi connectivity index (χ0n) is 8.72. The number of hydrogen-bond acceptors (Lipinski definition) is 3. The SMILES string of the molecule is CN(Cc1ccccc1F)S(=O)(=O)CC#N. The lowest BCUT2D eigenvalue weighted by atomic mass is 10.2. The van der Waals surface area contributed by atoms with Gasteiger partial charge in [0.05, 0.1) is 6.07 Å². The summed E-state index contributed by atoms with van der Waals surface area (Å²) in [6, 6.07) is 7.50. The largest absolute Gasteiger partial charge is 0.227 e. The van der Waals surface area contributed by atoms with Crippen molar-refractivity contribution in [1.29, 1.82) is 5.26 Å². The van der Waals surface area contributed by atoms with Crippen molar-refractivity contribution in [3.63, 3.8) is 0 Å². The first-order valence-corrected chi connectivity index (χ1v) is 6.12. The summed E-state index contributed by atoms with van der Waals surface area (Å²) in [4.78, 5) is 0. The van der Waals surface area contributed by atoms with Crippen molar-refractivity contribution in [3.8, 4) is 6.07 Å². The van der Waals surface area contributed by atoms with Crippen LogP contribution in [0.15, 0.2) is 24.3 Å². The number of hydrogen-bond donors (Lipinski definition) is 0. The Morgan fingerprint density at radius 3 is 2.62 bits per heavy atom. The lowest BCUT2D eigenvalue weighted by Gasteiger charge is -2.15. The second-order valence-corrected chi connectivity index (χ2v) is 5.34. The molecule has 86 valence electrons. The van der Waals surface area contributed by atoms with E-state index < -0.39 is 21.6 Å². The molecule has 0 aliphatic carbocycles. The van der Waals surface area contributed by atoms with Gasteiger partial charge in [0.2, 0.25) is 10.0 Å². The van der Waals surface area contributed by atoms with Gasteiger partial charge in [0.25, 0.3) is 0 Å². The molecule has 0 radical (unpaired) electrons. The van der Waals surface area contributed by atoms with Gasteiger partial charge in [0.1, 0.15) is 5.82 Å². The minimum Gasteiger partial charge on any atom is -0.211 e. The first-order valence-electron chi connectivity index (χ1n) is 4.52. The van der Waals surface area contributed by atoms with Crippen molar-refractivity contribution in [2.45, 2.75) is 6.54 Å². The predicted octanol–water partition coefficient (Wildman–Crippen LogP) is 1.11. The Kier molecular flexibility index (Phi) is 3.99. The van der Waals surface area contributed by atoms with E-state index in [9.17, 15) is 12.8 Å². The van der Waals surface area contributed by atoms with Gasteiger partial charge >= 0.3 is 0 Å². The van der Waals surface area contributed by atoms with Gasteiger partial charge in [-0.2, -0.15) is 9.57 Å². The molecule has 0 heterocycles. The van der Waals surface area contributed by atoms with E-state index in [4.69, 9.17) is 5.26 Å². The van der Waals surface area contributed by atoms with Crippen LogP contribution in [-0.2, 0) is 16.6 Å². The Hall–Kier alpha value is -1.45. The standard InChI is InChI=1S/C10H11FN2O2S/c1-13(16(14,15)7-6-12)8-9-4-2-3-5-10(9)11/h2-5H,7-8H2,1H3. The van der Waals surface area contributed by atoms with Crippen LogP contribution in [0.2, 0.25) is 0 Å². The summed E-state index contributed by atoms with van der Waals surface area (Å²) < 4.78 is 37.1. The molecule has 0 N–H and O–H groups in total. The second kappa shape index (κ2) is 5.05. The zero-order valence-corrected chi connectivity index (χ0v) is 9.54. The molecule has 0 spiro atoms. The molecule has 0 aromatic heterocycles. The summed E-state index contributed by atoms with van der Waals surface area (Å²) in [5.74, 6) is -1.06. The van der Waals surface area contributed by atoms with Crippen LogP contribution in [0.3, 0.4) is 0 Å². The molecule has 1 aromatic carbocycles. The molecular weight excluding hydrogens is 231 g/mol. The summed E-state index contributed by atoms with van der Waals surface area (Å²) in [5, 5.41) is 8.34. The fourth-order valence-corrected chi connectivity index (χ4v) is 1.88. The van der Waals surface area contributed by atoms with E-state index in [1.165, 1.54) is 25.2 Å². The van der Waals surface area contributed by atoms with Crippen molar-refractivity contribution in [3.05, 3.63) is 35.6 Å². The maximum atomic E-state index is 13.2. The zero-order chi connectivity index (χ0) is 12.2. The summed E-state index contributed by atoms with van der Waals surface area (Å²) in [6.45, 7) is -0.0727. The number of benzene rings is 1. The third kappa shape index (κ3) is 3.02. The highest BCUT2D eigenvalue weighted by molar-refractivity contribution is 7.89. The quantitative estimate of drug-likeness (QED) is 0.794. The van der Waals surface area contributed by atoms with Gasteiger partial charge in [0.15, 0.2) is 5.75 Å². The van der Waals surface area contributed by atoms with Gasteiger partial charge in [-0.15, -0.1) is 0 Å². The summed E-state index contributed by atoms with van der Waals surface area (Å²) in [6.07, 6.45) is 0. The van der Waals surface area contributed by atoms with Crippen molar-refractivity contribution < 1.29 is 12.8 Å². The highest BCUT2D eigenvalue weighted by atomic mass is 32.2. The van der Waals surface area contributed by atoms with Crippen LogP contribution in [-0.4, -0.2) is 25.5 Å². The van der Waals surface area contributed by atoms with Crippen LogP contribution in [0.1, 0.15) is 5.56 Å². The van der Waals surface area contributed by atoms with Crippen molar-refractivity contribution in [1.82, 2.24) is 4.31 Å². The second-order valence-electron chi connectivity index (χ2n) is 3.26. The van der Waals surface area contributed by atoms with Crippen molar-refractivity contribution in [2.24, 2.45) is 0 Å². The topological polar surface area (TPSA) is 61.2 Å². The molecule has 1 aromatic rings. The van der Waals surface area contributed by atoms with Crippen molar-refractivity contribution in [2.75, 3.05) is 12.8 Å². The minimum atomic E-state index is -3.62. The average molecular weight is 242 g/mol. The normalized spacial score (nSPS) is 11.4. The van der Waals surface area contributed by atoms with Gasteiger partial charge in [-0.25, -0.2) is 12.8 Å². The highest BCUT2D eigenvalue weighted by Crippen LogP contribution is 2.11. The van der Waals surface area contributed by atoms with Crippen LogP contribution in [0.4, 0.5) is 4.39 Å². The monoisotopic (exact) mass is 242 g/mol. The number of nitriles is 1. The predicted molar refractivity (Wildman–Crippen MR) is 57.3 cm³/mol. The molecule has 0 saturated carbocycles. The molecular formula is C10H11FN2O2S. The van der Waals surface area contributed by atoms with E-state index in [1.807, 2.05) is 0 Å². The molecule has 0 aliphatic rings. The van der Waals surface area contributed by atoms with Crippen LogP contribution < -0.4 is 0 Å². The maximum absolute atomic E-state index is 13.2. The van der Waals surface area contributed by atoms with Gasteiger partial charge in [-0.1, -0.05) is 18.2 Å². The number of nitrogens with zero attached hydrogens (tertiary/aromatic N) is 2. The Labute approximate surface area is 94.0 Å². The fraction of sp³-hybridized carbons (Fsp3) is 0.300. The maximum Gasteiger partial charge on any atom is 0.227 e. The minimum absolute atomic E-state index is 0.0727. The van der Waals surface area contributed by atoms with E-state index in [0.29, 0.717) is 0 Å². The average Bonchev–Trinajstić information content (AvgIpc) is 2.21. The van der Waals surface area contributed by atoms with E-state index in [0.717, 1.165) is 4.31 Å². The molecule has 1 rings (SSSR count). The summed E-state index contributed by atoms with van der Waals surface area (Å²) in [7, 11) is -2.30. The van der Waals surface area contributed by atoms with E-state index in [-0.39, 0.29) is 12.1 Å². The lowest BCUT2D eigenvalue weighted by molar-refractivity contribution is 0.459. The Bertz CT molecular complexity index is 508. The third-order valence-electron chi connectivity index (χ3n) is 2.07. The summed E-state index contributed by atoms with van der Waals surface area (Å²) in [5.41, 5.74) is 0.284. The van der Waals surface area contributed by atoms with Gasteiger partial charge in [-0.3, -0.25) is 0 Å². The van der Waals surface area contributed by atoms with Crippen LogP contribution in [0.5, 0.6) is 0 Å². The van der Waals surface area contributed by atoms with E-state index in [1.54, 1.807) is 12.1 Å². The molecule has 0 aliphatic heterocycles. The third-order valence-corrected chi connectivity index (χ3v) is 3.65. The molecule has 4 nitrogen and oxygen atoms in total. The molecule has 0 saturated heterocycles. The van der Waals surface area contributed by atoms with E-state index in [2.05, 4.69) is 0 Å². The number of rotatable bonds is 4. The molecule has 0 bridgehead atoms. The number of halogens is 1. The molecule has 16 heavy (non-hydrogen) atoms. The van der Waals surface area contributed by atoms with Crippen LogP contribution >= 0.6 is 0 Å². The Balaban J connectivity index is 2.84.